The molecule has 0 aliphatic carbocycles. The lowest BCUT2D eigenvalue weighted by atomic mass is 10.2. The van der Waals surface area contributed by atoms with Gasteiger partial charge in [0.2, 0.25) is 5.89 Å². The molecule has 0 bridgehead atoms. The summed E-state index contributed by atoms with van der Waals surface area (Å²) in [7, 11) is 0. The van der Waals surface area contributed by atoms with Crippen LogP contribution in [0.25, 0.3) is 0 Å². The summed E-state index contributed by atoms with van der Waals surface area (Å²) >= 11 is 0. The van der Waals surface area contributed by atoms with Crippen LogP contribution in [0.3, 0.4) is 0 Å². The van der Waals surface area contributed by atoms with Gasteiger partial charge in [0.05, 0.1) is 17.9 Å². The van der Waals surface area contributed by atoms with Crippen molar-refractivity contribution in [3.05, 3.63) is 41.4 Å². The number of carboxylic acids is 1. The number of carboxylic acid groups (broad SMARTS) is 1. The normalized spacial score (nSPS) is 10.3. The number of nitrogens with zero attached hydrogens (tertiary/aromatic N) is 2. The highest BCUT2D eigenvalue weighted by Crippen LogP contribution is 2.15. The number of aromatic nitrogens is 2. The zero-order valence-corrected chi connectivity index (χ0v) is 10.1. The molecule has 0 radical (unpaired) electrons. The van der Waals surface area contributed by atoms with Crippen LogP contribution in [0.2, 0.25) is 0 Å². The lowest BCUT2D eigenvalue weighted by Gasteiger charge is -2.06. The van der Waals surface area contributed by atoms with Gasteiger partial charge in [-0.05, 0) is 19.9 Å². The van der Waals surface area contributed by atoms with Crippen molar-refractivity contribution in [1.82, 2.24) is 9.97 Å². The molecule has 0 aromatic carbocycles. The van der Waals surface area contributed by atoms with E-state index in [9.17, 15) is 4.79 Å². The van der Waals surface area contributed by atoms with Crippen LogP contribution < -0.4 is 5.32 Å². The third-order valence-corrected chi connectivity index (χ3v) is 2.55. The second-order valence-electron chi connectivity index (χ2n) is 3.83. The summed E-state index contributed by atoms with van der Waals surface area (Å²) in [6.07, 6.45) is 2.83. The number of nitrogens with one attached hydrogen (secondary N) is 1. The molecule has 94 valence electrons. The summed E-state index contributed by atoms with van der Waals surface area (Å²) in [5.74, 6) is 0.267. The fraction of sp³-hybridized carbons (Fsp3) is 0.250. The lowest BCUT2D eigenvalue weighted by molar-refractivity contribution is 0.0697. The number of aromatic carboxylic acids is 1. The molecular weight excluding hydrogens is 234 g/mol. The Morgan fingerprint density at radius 2 is 2.28 bits per heavy atom. The van der Waals surface area contributed by atoms with Gasteiger partial charge in [-0.25, -0.2) is 9.78 Å². The van der Waals surface area contributed by atoms with Crippen molar-refractivity contribution in [3.63, 3.8) is 0 Å². The smallest absolute Gasteiger partial charge is 0.339 e. The van der Waals surface area contributed by atoms with E-state index in [2.05, 4.69) is 15.3 Å². The Bertz CT molecular complexity index is 558. The Morgan fingerprint density at radius 3 is 2.89 bits per heavy atom. The van der Waals surface area contributed by atoms with Gasteiger partial charge in [-0.3, -0.25) is 4.98 Å². The second kappa shape index (κ2) is 4.87. The van der Waals surface area contributed by atoms with Gasteiger partial charge in [0.25, 0.3) is 0 Å². The Labute approximate surface area is 104 Å². The first-order valence-electron chi connectivity index (χ1n) is 5.42. The SMILES string of the molecule is Cc1nc(CNc2ccncc2C(=O)O)oc1C. The summed E-state index contributed by atoms with van der Waals surface area (Å²) in [5, 5.41) is 12.0. The average Bonchev–Trinajstić information content (AvgIpc) is 2.66. The quantitative estimate of drug-likeness (QED) is 0.859. The molecule has 2 aromatic rings. The summed E-state index contributed by atoms with van der Waals surface area (Å²) in [6.45, 7) is 4.03. The van der Waals surface area contributed by atoms with Gasteiger partial charge in [0.1, 0.15) is 11.3 Å². The molecule has 0 spiro atoms. The molecule has 0 unspecified atom stereocenters. The van der Waals surface area contributed by atoms with Crippen LogP contribution in [0, 0.1) is 13.8 Å². The van der Waals surface area contributed by atoms with Crippen molar-refractivity contribution in [1.29, 1.82) is 0 Å². The van der Waals surface area contributed by atoms with E-state index in [1.165, 1.54) is 12.4 Å². The van der Waals surface area contributed by atoms with E-state index in [-0.39, 0.29) is 5.56 Å². The van der Waals surface area contributed by atoms with Crippen LogP contribution in [0.1, 0.15) is 27.7 Å². The Balaban J connectivity index is 2.13. The van der Waals surface area contributed by atoms with Crippen molar-refractivity contribution < 1.29 is 14.3 Å². The number of carbonyl (C=O) groups is 1. The van der Waals surface area contributed by atoms with Gasteiger partial charge in [-0.15, -0.1) is 0 Å². The molecule has 2 heterocycles. The van der Waals surface area contributed by atoms with Crippen LogP contribution in [0.4, 0.5) is 5.69 Å². The van der Waals surface area contributed by atoms with Crippen molar-refractivity contribution in [3.8, 4) is 0 Å². The minimum absolute atomic E-state index is 0.123. The lowest BCUT2D eigenvalue weighted by Crippen LogP contribution is -2.07. The van der Waals surface area contributed by atoms with E-state index < -0.39 is 5.97 Å². The van der Waals surface area contributed by atoms with E-state index in [0.717, 1.165) is 11.5 Å². The topological polar surface area (TPSA) is 88.2 Å². The summed E-state index contributed by atoms with van der Waals surface area (Å²) in [4.78, 5) is 19.0. The summed E-state index contributed by atoms with van der Waals surface area (Å²) < 4.78 is 5.40. The maximum Gasteiger partial charge on any atom is 0.339 e. The zero-order chi connectivity index (χ0) is 13.1. The minimum atomic E-state index is -1.02. The standard InChI is InChI=1S/C12H13N3O3/c1-7-8(2)18-11(15-7)6-14-10-3-4-13-5-9(10)12(16)17/h3-5H,6H2,1-2H3,(H,13,14)(H,16,17). The molecule has 0 amide bonds. The number of anilines is 1. The molecule has 0 saturated carbocycles. The fourth-order valence-corrected chi connectivity index (χ4v) is 1.50. The molecule has 0 saturated heterocycles. The van der Waals surface area contributed by atoms with Crippen LogP contribution in [0.5, 0.6) is 0 Å². The van der Waals surface area contributed by atoms with Crippen molar-refractivity contribution in [2.45, 2.75) is 20.4 Å². The monoisotopic (exact) mass is 247 g/mol. The third-order valence-electron chi connectivity index (χ3n) is 2.55. The fourth-order valence-electron chi connectivity index (χ4n) is 1.50. The van der Waals surface area contributed by atoms with Crippen molar-refractivity contribution >= 4 is 11.7 Å². The average molecular weight is 247 g/mol. The predicted octanol–water partition coefficient (Wildman–Crippen LogP) is 2.00. The molecule has 0 fully saturated rings. The maximum absolute atomic E-state index is 11.0. The number of pyridine rings is 1. The number of oxazole rings is 1. The Hall–Kier alpha value is -2.37. The Morgan fingerprint density at radius 1 is 1.50 bits per heavy atom. The number of hydrogen-bond acceptors (Lipinski definition) is 5. The summed E-state index contributed by atoms with van der Waals surface area (Å²) in [6, 6.07) is 1.60. The van der Waals surface area contributed by atoms with Crippen molar-refractivity contribution in [2.24, 2.45) is 0 Å². The first kappa shape index (κ1) is 12.1. The van der Waals surface area contributed by atoms with Crippen LogP contribution in [-0.2, 0) is 6.54 Å². The van der Waals surface area contributed by atoms with Gasteiger partial charge in [0, 0.05) is 12.4 Å². The van der Waals surface area contributed by atoms with Gasteiger partial charge in [-0.2, -0.15) is 0 Å². The largest absolute Gasteiger partial charge is 0.478 e. The zero-order valence-electron chi connectivity index (χ0n) is 10.1. The molecule has 2 rings (SSSR count). The van der Waals surface area contributed by atoms with E-state index in [1.54, 1.807) is 6.07 Å². The first-order valence-corrected chi connectivity index (χ1v) is 5.42. The van der Waals surface area contributed by atoms with Crippen LogP contribution in [0.15, 0.2) is 22.9 Å². The molecule has 0 aliphatic rings. The minimum Gasteiger partial charge on any atom is -0.478 e. The van der Waals surface area contributed by atoms with Gasteiger partial charge in [-0.1, -0.05) is 0 Å². The molecule has 6 heteroatoms. The van der Waals surface area contributed by atoms with Crippen LogP contribution >= 0.6 is 0 Å². The highest BCUT2D eigenvalue weighted by Gasteiger charge is 2.11. The maximum atomic E-state index is 11.0. The highest BCUT2D eigenvalue weighted by molar-refractivity contribution is 5.93. The van der Waals surface area contributed by atoms with Crippen molar-refractivity contribution in [2.75, 3.05) is 5.32 Å². The van der Waals surface area contributed by atoms with Gasteiger partial charge < -0.3 is 14.8 Å². The highest BCUT2D eigenvalue weighted by atomic mass is 16.4. The van der Waals surface area contributed by atoms with Gasteiger partial charge >= 0.3 is 5.97 Å². The van der Waals surface area contributed by atoms with E-state index in [1.807, 2.05) is 13.8 Å². The molecule has 2 aromatic heterocycles. The Kier molecular flexibility index (Phi) is 3.27. The molecule has 0 aliphatic heterocycles. The van der Waals surface area contributed by atoms with E-state index in [0.29, 0.717) is 18.1 Å². The summed E-state index contributed by atoms with van der Waals surface area (Å²) in [5.41, 5.74) is 1.45. The molecular formula is C12H13N3O3. The molecule has 2 N–H and O–H groups in total. The molecule has 6 nitrogen and oxygen atoms in total. The van der Waals surface area contributed by atoms with Crippen LogP contribution in [-0.4, -0.2) is 21.0 Å². The number of aryl methyl sites for hydroxylation is 2. The van der Waals surface area contributed by atoms with E-state index >= 15 is 0 Å². The molecule has 0 atom stereocenters. The first-order chi connectivity index (χ1) is 8.58. The number of hydrogen-bond donors (Lipinski definition) is 2. The second-order valence-corrected chi connectivity index (χ2v) is 3.83. The van der Waals surface area contributed by atoms with E-state index in [4.69, 9.17) is 9.52 Å². The molecule has 18 heavy (non-hydrogen) atoms. The third kappa shape index (κ3) is 2.48. The number of rotatable bonds is 4. The predicted molar refractivity (Wildman–Crippen MR) is 64.5 cm³/mol. The van der Waals surface area contributed by atoms with Gasteiger partial charge in [0.15, 0.2) is 0 Å².